The zero-order chi connectivity index (χ0) is 58.2. The van der Waals surface area contributed by atoms with Crippen LogP contribution in [-0.4, -0.2) is 116 Å². The lowest BCUT2D eigenvalue weighted by Crippen LogP contribution is -2.50. The predicted molar refractivity (Wildman–Crippen MR) is 313 cm³/mol. The van der Waals surface area contributed by atoms with Gasteiger partial charge >= 0.3 is 11.9 Å². The molecule has 7 aromatic heterocycles. The van der Waals surface area contributed by atoms with E-state index in [2.05, 4.69) is 20.6 Å². The van der Waals surface area contributed by atoms with Gasteiger partial charge in [0.1, 0.15) is 71.3 Å². The van der Waals surface area contributed by atoms with Gasteiger partial charge in [-0.1, -0.05) is 36.8 Å². The standard InChI is InChI=1S/C56H53N11O10S6/c1-25-4-6-28(7-5-25)16-35-55(74)67-19-41(69)26(2)47(67)54-65-39(24-82-54)52-63-36(21-81-52)46-32(12-13-33(60-46)51-58-30(20-79-51)17-44(71)77-31-10-8-29(9-11-31)56(75)76)50-64-38(23-80-50)49(73)61-34(18-42(57)70)53-66-45(27(3)83-53)40(68)14-15-43-59-37(22-78-43)48(72)62-35/h4-7,12-13,20-24,26,29,31,34-35,41,47,69H,8-11,14-19H2,1-3H3,(H2,57,70)(H,61,73)(H,62,72)(H,75,76)/t26-,29?,31?,34-,35-,41-,47-/m0/s1. The molecule has 2 aliphatic heterocycles. The van der Waals surface area contributed by atoms with Gasteiger partial charge in [-0.05, 0) is 57.2 Å². The maximum atomic E-state index is 15.0. The second-order valence-corrected chi connectivity index (χ2v) is 26.3. The van der Waals surface area contributed by atoms with Gasteiger partial charge in [0.05, 0.1) is 53.3 Å². The van der Waals surface area contributed by atoms with Crippen LogP contribution in [0.5, 0.6) is 0 Å². The Hall–Kier alpha value is -7.40. The normalized spacial score (nSPS) is 21.4. The smallest absolute Gasteiger partial charge is 0.312 e. The summed E-state index contributed by atoms with van der Waals surface area (Å²) in [5.74, 6) is -4.84. The highest BCUT2D eigenvalue weighted by molar-refractivity contribution is 7.15. The van der Waals surface area contributed by atoms with Gasteiger partial charge in [0.15, 0.2) is 5.78 Å². The van der Waals surface area contributed by atoms with Gasteiger partial charge in [-0.15, -0.1) is 68.0 Å². The molecule has 8 aromatic rings. The fourth-order valence-electron chi connectivity index (χ4n) is 10.3. The minimum absolute atomic E-state index is 0.00549. The molecule has 10 bridgehead atoms. The van der Waals surface area contributed by atoms with Gasteiger partial charge in [-0.3, -0.25) is 33.6 Å². The molecule has 11 rings (SSSR count). The van der Waals surface area contributed by atoms with Crippen LogP contribution in [-0.2, 0) is 43.2 Å². The number of carbonyl (C=O) groups excluding carboxylic acids is 6. The highest BCUT2D eigenvalue weighted by Gasteiger charge is 2.45. The van der Waals surface area contributed by atoms with E-state index >= 15 is 0 Å². The fraction of sp³-hybridized carbons (Fsp3) is 0.357. The molecule has 6 N–H and O–H groups in total. The van der Waals surface area contributed by atoms with E-state index in [9.17, 15) is 43.8 Å². The van der Waals surface area contributed by atoms with Crippen LogP contribution >= 0.6 is 68.0 Å². The van der Waals surface area contributed by atoms with E-state index in [1.54, 1.807) is 40.1 Å². The van der Waals surface area contributed by atoms with Crippen molar-refractivity contribution in [2.45, 2.75) is 109 Å². The van der Waals surface area contributed by atoms with Crippen molar-refractivity contribution < 1.29 is 48.5 Å². The largest absolute Gasteiger partial charge is 0.481 e. The molecule has 27 heteroatoms. The molecule has 0 spiro atoms. The van der Waals surface area contributed by atoms with Crippen LogP contribution in [0.25, 0.3) is 43.4 Å². The number of rotatable bonds is 9. The topological polar surface area (TPSA) is 313 Å². The number of hydrogen-bond acceptors (Lipinski definition) is 22. The number of nitrogens with one attached hydrogen (secondary N) is 2. The number of benzene rings is 1. The fourth-order valence-corrected chi connectivity index (χ4v) is 15.5. The number of primary amides is 1. The number of ketones is 1. The van der Waals surface area contributed by atoms with Crippen LogP contribution in [0.15, 0.2) is 63.3 Å². The van der Waals surface area contributed by atoms with Gasteiger partial charge in [0.25, 0.3) is 11.8 Å². The van der Waals surface area contributed by atoms with Crippen molar-refractivity contribution in [2.75, 3.05) is 6.54 Å². The first-order valence-corrected chi connectivity index (χ1v) is 31.8. The summed E-state index contributed by atoms with van der Waals surface area (Å²) in [6.45, 7) is 5.54. The Labute approximate surface area is 498 Å². The number of aromatic nitrogens is 7. The average molecular weight is 1230 g/mol. The van der Waals surface area contributed by atoms with Gasteiger partial charge in [0, 0.05) is 69.1 Å². The first-order valence-electron chi connectivity index (χ1n) is 26.6. The number of amides is 4. The summed E-state index contributed by atoms with van der Waals surface area (Å²) in [7, 11) is 0. The number of aliphatic carboxylic acids is 1. The number of aryl methyl sites for hydroxylation is 3. The third-order valence-corrected chi connectivity index (χ3v) is 20.3. The molecule has 21 nitrogen and oxygen atoms in total. The molecular formula is C56H53N11O10S6. The van der Waals surface area contributed by atoms with Crippen molar-refractivity contribution in [3.05, 3.63) is 117 Å². The monoisotopic (exact) mass is 1230 g/mol. The van der Waals surface area contributed by atoms with Gasteiger partial charge in [-0.2, -0.15) is 0 Å². The van der Waals surface area contributed by atoms with Crippen LogP contribution in [0.3, 0.4) is 0 Å². The molecule has 3 aliphatic rings. The quantitative estimate of drug-likeness (QED) is 0.0850. The van der Waals surface area contributed by atoms with Crippen molar-refractivity contribution in [3.63, 3.8) is 0 Å². The average Bonchev–Trinajstić information content (AvgIpc) is 3.90. The predicted octanol–water partition coefficient (Wildman–Crippen LogP) is 8.23. The van der Waals surface area contributed by atoms with E-state index in [4.69, 9.17) is 35.4 Å². The van der Waals surface area contributed by atoms with Crippen LogP contribution in [0.2, 0.25) is 0 Å². The summed E-state index contributed by atoms with van der Waals surface area (Å²) in [6, 6.07) is 8.50. The summed E-state index contributed by atoms with van der Waals surface area (Å²) >= 11 is 7.44. The number of fused-ring (bicyclic) bond motifs is 16. The van der Waals surface area contributed by atoms with Gasteiger partial charge < -0.3 is 36.2 Å². The summed E-state index contributed by atoms with van der Waals surface area (Å²) in [6.07, 6.45) is 0.449. The molecule has 4 amide bonds. The Morgan fingerprint density at radius 3 is 2.13 bits per heavy atom. The summed E-state index contributed by atoms with van der Waals surface area (Å²) < 4.78 is 5.72. The van der Waals surface area contributed by atoms with Crippen LogP contribution in [0, 0.1) is 25.7 Å². The number of carboxylic acids is 1. The lowest BCUT2D eigenvalue weighted by molar-refractivity contribution is -0.152. The van der Waals surface area contributed by atoms with Gasteiger partial charge in [0.2, 0.25) is 11.8 Å². The Bertz CT molecular complexity index is 3800. The molecule has 1 aliphatic carbocycles. The maximum absolute atomic E-state index is 15.0. The van der Waals surface area contributed by atoms with E-state index in [0.29, 0.717) is 94.6 Å². The molecule has 428 valence electrons. The number of pyridine rings is 1. The first-order chi connectivity index (χ1) is 39.9. The SMILES string of the molecule is Cc1ccc(C[C@@H]2NC(=O)c3csc(n3)CCC(=O)c3nc(sc3C)[C@H](CC(N)=O)NC(=O)c3csc(n3)-c3ccc(-c4nc(CC(=O)OC5CCC(C(=O)O)CC5)cs4)nc3-c3csc(n3)-c3csc(n3)[C@@H]3[C@@H](C)[C@@H](O)CN3C2=O)cc1. The van der Waals surface area contributed by atoms with Crippen LogP contribution in [0.4, 0.5) is 0 Å². The van der Waals surface area contributed by atoms with Crippen molar-refractivity contribution in [2.24, 2.45) is 17.6 Å². The molecule has 1 saturated carbocycles. The number of thiazole rings is 6. The number of carboxylic acid groups (broad SMARTS) is 1. The Morgan fingerprint density at radius 2 is 1.37 bits per heavy atom. The third-order valence-electron chi connectivity index (χ3n) is 14.7. The molecule has 5 atom stereocenters. The molecule has 9 heterocycles. The molecule has 0 radical (unpaired) electrons. The zero-order valence-electron chi connectivity index (χ0n) is 44.7. The minimum atomic E-state index is -1.07. The summed E-state index contributed by atoms with van der Waals surface area (Å²) in [4.78, 5) is 130. The lowest BCUT2D eigenvalue weighted by atomic mass is 9.87. The first kappa shape index (κ1) is 57.4. The zero-order valence-corrected chi connectivity index (χ0v) is 49.6. The molecule has 1 saturated heterocycles. The number of esters is 1. The minimum Gasteiger partial charge on any atom is -0.481 e. The molecule has 1 aromatic carbocycles. The third kappa shape index (κ3) is 12.8. The van der Waals surface area contributed by atoms with Crippen LogP contribution < -0.4 is 16.4 Å². The van der Waals surface area contributed by atoms with Crippen molar-refractivity contribution in [3.8, 4) is 43.4 Å². The van der Waals surface area contributed by atoms with Crippen molar-refractivity contribution in [1.82, 2.24) is 50.4 Å². The highest BCUT2D eigenvalue weighted by Crippen LogP contribution is 2.43. The van der Waals surface area contributed by atoms with Crippen molar-refractivity contribution >= 4 is 109 Å². The highest BCUT2D eigenvalue weighted by atomic mass is 32.1. The second kappa shape index (κ2) is 24.4. The van der Waals surface area contributed by atoms with E-state index in [0.717, 1.165) is 22.5 Å². The number of aliphatic hydroxyl groups is 1. The number of nitrogens with zero attached hydrogens (tertiary/aromatic N) is 8. The second-order valence-electron chi connectivity index (χ2n) is 20.6. The maximum Gasteiger partial charge on any atom is 0.312 e. The van der Waals surface area contributed by atoms with Crippen LogP contribution in [0.1, 0.15) is 126 Å². The van der Waals surface area contributed by atoms with Gasteiger partial charge in [-0.25, -0.2) is 34.9 Å². The lowest BCUT2D eigenvalue weighted by Gasteiger charge is -2.29. The van der Waals surface area contributed by atoms with E-state index in [1.807, 2.05) is 48.9 Å². The van der Waals surface area contributed by atoms with E-state index in [-0.39, 0.29) is 67.6 Å². The summed E-state index contributed by atoms with van der Waals surface area (Å²) in [5, 5.41) is 38.0. The number of nitrogens with two attached hydrogens (primary N) is 1. The molecule has 0 unspecified atom stereocenters. The number of aliphatic hydroxyl groups excluding tert-OH is 1. The summed E-state index contributed by atoms with van der Waals surface area (Å²) in [5.41, 5.74) is 10.6. The molecule has 2 fully saturated rings. The number of carbonyl (C=O) groups is 7. The Morgan fingerprint density at radius 1 is 0.699 bits per heavy atom. The van der Waals surface area contributed by atoms with Crippen molar-refractivity contribution in [1.29, 1.82) is 0 Å². The molecular weight excluding hydrogens is 1180 g/mol. The molecule has 83 heavy (non-hydrogen) atoms. The van der Waals surface area contributed by atoms with E-state index < -0.39 is 71.6 Å². The number of hydrogen-bond donors (Lipinski definition) is 5. The number of ether oxygens (including phenoxy) is 1. The van der Waals surface area contributed by atoms with E-state index in [1.165, 1.54) is 56.7 Å². The Balaban J connectivity index is 0.946. The Kier molecular flexibility index (Phi) is 16.9. The number of Topliss-reactive ketones (excluding diaryl/α,β-unsaturated/α-hetero) is 1.